The Morgan fingerprint density at radius 1 is 0.363 bits per heavy atom. The number of rotatable bonds is 42. The summed E-state index contributed by atoms with van der Waals surface area (Å²) in [6.45, 7) is 29.7. The van der Waals surface area contributed by atoms with Crippen LogP contribution in [0.15, 0.2) is 59.6 Å². The van der Waals surface area contributed by atoms with Crippen molar-refractivity contribution in [3.8, 4) is 73.0 Å². The third kappa shape index (κ3) is 14.9. The van der Waals surface area contributed by atoms with Crippen LogP contribution in [-0.4, -0.2) is 40.7 Å². The molecule has 0 aliphatic heterocycles. The van der Waals surface area contributed by atoms with E-state index < -0.39 is 0 Å². The first-order valence-electron chi connectivity index (χ1n) is 40.0. The third-order valence-electron chi connectivity index (χ3n) is 23.9. The second kappa shape index (κ2) is 34.6. The van der Waals surface area contributed by atoms with Gasteiger partial charge in [0.15, 0.2) is 0 Å². The van der Waals surface area contributed by atoms with Gasteiger partial charge in [-0.05, 0) is 143 Å². The lowest BCUT2D eigenvalue weighted by Gasteiger charge is -2.37. The number of hydrogen-bond acceptors (Lipinski definition) is 16. The molecule has 0 N–H and O–H groups in total. The molecule has 546 valence electrons. The Morgan fingerprint density at radius 2 is 0.696 bits per heavy atom. The largest absolute Gasteiger partial charge is 0.491 e. The summed E-state index contributed by atoms with van der Waals surface area (Å²) in [6, 6.07) is 14.9. The second-order valence-electron chi connectivity index (χ2n) is 30.5. The summed E-state index contributed by atoms with van der Waals surface area (Å²) in [6.07, 6.45) is 38.4. The summed E-state index contributed by atoms with van der Waals surface area (Å²) in [4.78, 5) is 21.6. The van der Waals surface area contributed by atoms with Gasteiger partial charge >= 0.3 is 0 Å². The van der Waals surface area contributed by atoms with E-state index in [0.29, 0.717) is 48.7 Å². The summed E-state index contributed by atoms with van der Waals surface area (Å²) in [7, 11) is 0. The molecule has 0 saturated heterocycles. The number of benzene rings is 1. The molecule has 13 rings (SSSR count). The lowest BCUT2D eigenvalue weighted by atomic mass is 9.66. The highest BCUT2D eigenvalue weighted by Gasteiger charge is 2.49. The van der Waals surface area contributed by atoms with Crippen molar-refractivity contribution >= 4 is 134 Å². The second-order valence-corrected chi connectivity index (χ2v) is 37.6. The number of unbranched alkanes of at least 4 members (excludes halogenated alkanes) is 6. The highest BCUT2D eigenvalue weighted by atomic mass is 32.1. The van der Waals surface area contributed by atoms with E-state index in [0.717, 1.165) is 112 Å². The van der Waals surface area contributed by atoms with Gasteiger partial charge < -0.3 is 9.47 Å². The number of thiophene rings is 6. The van der Waals surface area contributed by atoms with Crippen LogP contribution in [0, 0.1) is 35.5 Å². The van der Waals surface area contributed by atoms with E-state index in [4.69, 9.17) is 36.9 Å². The number of fused-ring (bicyclic) bond motifs is 10. The van der Waals surface area contributed by atoms with Crippen LogP contribution in [0.1, 0.15) is 285 Å². The van der Waals surface area contributed by atoms with E-state index in [1.54, 1.807) is 44.9 Å². The molecule has 0 amide bonds. The SMILES string of the molecule is CCCCC(CC)COc1c2cc(-c3cnc(-c4cc5c(s4)-c4sccc4C5(CC(CC)CCCC)CC(CC)CCCC)c4nsnc34)sc2c(OCC(CC)CCCC)c2cc(-c3cnc(-c4cc5c(s4)-c4sccc4C5(CC(CC)CCCC)CC(CC)CCCC)c4nsnc34)sc12. The maximum atomic E-state index is 7.45. The third-order valence-corrected chi connectivity index (χ3v) is 31.8. The van der Waals surface area contributed by atoms with Crippen molar-refractivity contribution in [2.24, 2.45) is 35.5 Å². The minimum atomic E-state index is -0.00833. The minimum Gasteiger partial charge on any atom is -0.491 e. The van der Waals surface area contributed by atoms with E-state index >= 15 is 0 Å². The van der Waals surface area contributed by atoms with Gasteiger partial charge in [-0.2, -0.15) is 17.5 Å². The van der Waals surface area contributed by atoms with Crippen molar-refractivity contribution < 1.29 is 9.47 Å². The molecule has 102 heavy (non-hydrogen) atoms. The van der Waals surface area contributed by atoms with Crippen molar-refractivity contribution in [1.29, 1.82) is 0 Å². The van der Waals surface area contributed by atoms with Crippen molar-refractivity contribution in [2.45, 2.75) is 274 Å². The summed E-state index contributed by atoms with van der Waals surface area (Å²) in [5, 5.41) is 6.92. The highest BCUT2D eigenvalue weighted by Crippen LogP contribution is 2.64. The summed E-state index contributed by atoms with van der Waals surface area (Å²) < 4.78 is 37.9. The standard InChI is InChI=1S/C86H112N6O2S8/c1-13-25-31-53(19-7)45-85(46-54(20-8)32-26-14-2)63-37-39-95-81(63)83-65(85)43-69(99-83)73-75-71(89-101-91-75)61(49-87-73)67-41-59-77(93-51-57(23-11)35-29-17-5)80-60(78(79(59)97-67)94-52-58(24-12)36-30-18-6)42-68(98-80)62-50-88-74(76-72(62)90-102-92-76)70-44-66-84(100-70)82-64(38-40-96-82)86(66,47-55(21-9)33-27-15-3)48-56(22-10)34-28-16-4/h37-44,49-50,53-58H,13-36,45-48,51-52H2,1-12H3. The molecule has 8 nitrogen and oxygen atoms in total. The minimum absolute atomic E-state index is 0.00833. The Bertz CT molecular complexity index is 4180. The fourth-order valence-corrected chi connectivity index (χ4v) is 25.9. The van der Waals surface area contributed by atoms with Gasteiger partial charge in [0.25, 0.3) is 0 Å². The van der Waals surface area contributed by atoms with Gasteiger partial charge in [-0.25, -0.2) is 0 Å². The van der Waals surface area contributed by atoms with Gasteiger partial charge in [0, 0.05) is 74.4 Å². The van der Waals surface area contributed by atoms with Crippen LogP contribution in [0.2, 0.25) is 0 Å². The van der Waals surface area contributed by atoms with Crippen molar-refractivity contribution in [3.05, 3.63) is 81.8 Å². The van der Waals surface area contributed by atoms with Crippen LogP contribution in [0.5, 0.6) is 11.5 Å². The Kier molecular flexibility index (Phi) is 25.7. The topological polar surface area (TPSA) is 95.8 Å². The molecule has 2 aliphatic carbocycles. The van der Waals surface area contributed by atoms with Crippen molar-refractivity contribution in [3.63, 3.8) is 0 Å². The Morgan fingerprint density at radius 3 is 1.03 bits per heavy atom. The molecule has 10 aromatic heterocycles. The molecule has 16 heteroatoms. The molecule has 11 aromatic rings. The van der Waals surface area contributed by atoms with E-state index in [1.807, 2.05) is 45.3 Å². The first kappa shape index (κ1) is 75.7. The lowest BCUT2D eigenvalue weighted by Crippen LogP contribution is -2.31. The quantitative estimate of drug-likeness (QED) is 0.0373. The number of nitrogens with zero attached hydrogens (tertiary/aromatic N) is 6. The van der Waals surface area contributed by atoms with Gasteiger partial charge in [0.2, 0.25) is 0 Å². The fraction of sp³-hybridized carbons (Fsp3) is 0.581. The maximum absolute atomic E-state index is 7.45. The van der Waals surface area contributed by atoms with E-state index in [-0.39, 0.29) is 10.8 Å². The summed E-state index contributed by atoms with van der Waals surface area (Å²) in [5.74, 6) is 5.44. The van der Waals surface area contributed by atoms with Crippen LogP contribution in [0.4, 0.5) is 0 Å². The van der Waals surface area contributed by atoms with Crippen LogP contribution >= 0.6 is 91.5 Å². The first-order valence-corrected chi connectivity index (χ1v) is 46.5. The molecular weight excluding hydrogens is 1410 g/mol. The van der Waals surface area contributed by atoms with Gasteiger partial charge in [-0.3, -0.25) is 9.97 Å². The molecular formula is C86H112N6O2S8. The smallest absolute Gasteiger partial charge is 0.146 e. The monoisotopic (exact) mass is 1520 g/mol. The molecule has 0 saturated carbocycles. The first-order chi connectivity index (χ1) is 50.0. The predicted molar refractivity (Wildman–Crippen MR) is 450 cm³/mol. The van der Waals surface area contributed by atoms with E-state index in [9.17, 15) is 0 Å². The Hall–Kier alpha value is -4.52. The van der Waals surface area contributed by atoms with Gasteiger partial charge in [0.05, 0.1) is 55.8 Å². The average molecular weight is 1520 g/mol. The fourth-order valence-electron chi connectivity index (χ4n) is 17.6. The van der Waals surface area contributed by atoms with Crippen LogP contribution in [0.25, 0.3) is 104 Å². The molecule has 0 fully saturated rings. The predicted octanol–water partition coefficient (Wildman–Crippen LogP) is 30.0. The zero-order valence-electron chi connectivity index (χ0n) is 63.2. The molecule has 0 bridgehead atoms. The normalized spacial score (nSPS) is 17.5. The Labute approximate surface area is 642 Å². The number of aromatic nitrogens is 6. The zero-order chi connectivity index (χ0) is 71.1. The average Bonchev–Trinajstić information content (AvgIpc) is 1.55. The molecule has 0 spiro atoms. The summed E-state index contributed by atoms with van der Waals surface area (Å²) in [5.41, 5.74) is 13.8. The molecule has 10 heterocycles. The maximum Gasteiger partial charge on any atom is 0.146 e. The number of pyridine rings is 2. The van der Waals surface area contributed by atoms with Crippen molar-refractivity contribution in [2.75, 3.05) is 13.2 Å². The van der Waals surface area contributed by atoms with Gasteiger partial charge in [-0.15, -0.1) is 68.0 Å². The van der Waals surface area contributed by atoms with E-state index in [2.05, 4.69) is 143 Å². The lowest BCUT2D eigenvalue weighted by molar-refractivity contribution is 0.235. The highest BCUT2D eigenvalue weighted by molar-refractivity contribution is 7.25. The number of ether oxygens (including phenoxy) is 2. The van der Waals surface area contributed by atoms with Gasteiger partial charge in [-0.1, -0.05) is 224 Å². The van der Waals surface area contributed by atoms with Gasteiger partial charge in [0.1, 0.15) is 45.0 Å². The molecule has 2 aliphatic rings. The van der Waals surface area contributed by atoms with Crippen LogP contribution in [-0.2, 0) is 10.8 Å². The van der Waals surface area contributed by atoms with E-state index in [1.165, 1.54) is 207 Å². The van der Waals surface area contributed by atoms with Crippen LogP contribution in [0.3, 0.4) is 0 Å². The zero-order valence-corrected chi connectivity index (χ0v) is 69.7. The molecule has 0 radical (unpaired) electrons. The summed E-state index contributed by atoms with van der Waals surface area (Å²) >= 11 is 14.0. The van der Waals surface area contributed by atoms with Crippen molar-refractivity contribution in [1.82, 2.24) is 27.5 Å². The van der Waals surface area contributed by atoms with Crippen LogP contribution < -0.4 is 9.47 Å². The number of hydrogen-bond donors (Lipinski definition) is 0. The molecule has 6 atom stereocenters. The Balaban J connectivity index is 0.924. The molecule has 6 unspecified atom stereocenters. The molecule has 1 aromatic carbocycles.